The van der Waals surface area contributed by atoms with Gasteiger partial charge < -0.3 is 37.4 Å². The van der Waals surface area contributed by atoms with E-state index in [9.17, 15) is 26.4 Å². The number of nitrogens with zero attached hydrogens (tertiary/aromatic N) is 8. The van der Waals surface area contributed by atoms with Gasteiger partial charge in [-0.15, -0.1) is 0 Å². The zero-order valence-electron chi connectivity index (χ0n) is 54.0. The molecule has 5 rings (SSSR count). The van der Waals surface area contributed by atoms with Crippen LogP contribution in [0.2, 0.25) is 87.6 Å². The first-order valence-electron chi connectivity index (χ1n) is 28.6. The summed E-state index contributed by atoms with van der Waals surface area (Å²) in [5.41, 5.74) is -0.368. The van der Waals surface area contributed by atoms with Crippen molar-refractivity contribution in [3.63, 3.8) is 0 Å². The van der Waals surface area contributed by atoms with E-state index >= 15 is 0 Å². The Balaban J connectivity index is 0.000000442. The summed E-state index contributed by atoms with van der Waals surface area (Å²) in [6, 6.07) is 2.05. The minimum absolute atomic E-state index is 0. The molecule has 2 aromatic rings. The number of piperazine rings is 2. The molecule has 0 aromatic carbocycles. The summed E-state index contributed by atoms with van der Waals surface area (Å²) in [7, 11) is -12.7. The van der Waals surface area contributed by atoms with Gasteiger partial charge in [0.1, 0.15) is 18.1 Å². The summed E-state index contributed by atoms with van der Waals surface area (Å²) in [6.07, 6.45) is 11.6. The Morgan fingerprint density at radius 3 is 1.34 bits per heavy atom. The third kappa shape index (κ3) is 25.1. The van der Waals surface area contributed by atoms with Crippen molar-refractivity contribution in [3.05, 3.63) is 61.5 Å². The van der Waals surface area contributed by atoms with E-state index in [1.54, 1.807) is 17.0 Å². The molecule has 0 amide bonds. The lowest BCUT2D eigenvalue weighted by molar-refractivity contribution is 0.00578. The Bertz CT molecular complexity index is 2780. The van der Waals surface area contributed by atoms with Gasteiger partial charge in [0.15, 0.2) is 28.3 Å². The van der Waals surface area contributed by atoms with E-state index in [4.69, 9.17) is 27.6 Å². The quantitative estimate of drug-likeness (QED) is 0.0794. The number of anilines is 2. The van der Waals surface area contributed by atoms with E-state index in [1.807, 2.05) is 34.0 Å². The molecule has 3 aliphatic heterocycles. The van der Waals surface area contributed by atoms with Crippen LogP contribution >= 0.6 is 15.9 Å². The Labute approximate surface area is 514 Å². The predicted molar refractivity (Wildman–Crippen MR) is 357 cm³/mol. The fraction of sp³-hybridized carbons (Fsp3) is 0.782. The zero-order valence-corrected chi connectivity index (χ0v) is 61.2. The monoisotopic (exact) mass is 1340 g/mol. The molecule has 28 heteroatoms. The van der Waals surface area contributed by atoms with Gasteiger partial charge in [-0.1, -0.05) is 106 Å². The largest absolute Gasteiger partial charge is 0.486 e. The number of sulfonamides is 2. The van der Waals surface area contributed by atoms with Gasteiger partial charge in [0, 0.05) is 94.1 Å². The van der Waals surface area contributed by atoms with Gasteiger partial charge in [0.2, 0.25) is 20.0 Å². The highest BCUT2D eigenvalue weighted by molar-refractivity contribution is 9.10. The molecular formula is C55H108BBrN8O12S2Si4. The summed E-state index contributed by atoms with van der Waals surface area (Å²) < 4.78 is 89.2. The molecular weight excluding hydrogens is 1230 g/mol. The molecule has 0 N–H and O–H groups in total. The van der Waals surface area contributed by atoms with E-state index < -0.39 is 52.8 Å². The Morgan fingerprint density at radius 1 is 0.614 bits per heavy atom. The first-order valence-corrected chi connectivity index (χ1v) is 46.3. The van der Waals surface area contributed by atoms with Crippen molar-refractivity contribution < 1.29 is 44.5 Å². The maximum absolute atomic E-state index is 13.3. The van der Waals surface area contributed by atoms with Gasteiger partial charge >= 0.3 is 7.12 Å². The van der Waals surface area contributed by atoms with Crippen LogP contribution in [0.4, 0.5) is 11.6 Å². The van der Waals surface area contributed by atoms with E-state index in [-0.39, 0.29) is 60.4 Å². The van der Waals surface area contributed by atoms with Crippen LogP contribution < -0.4 is 20.9 Å². The first-order chi connectivity index (χ1) is 37.2. The standard InChI is InChI=1S/C24H46N4O5SSi2.C15H31BO3Si.C15H27BrN4O4SSi.CH4/c1-24(2,3)36(8,9)33-16-10-11-21-19-27(20-32-17-18-35(5,6)7)23(29)22(25-21)26-12-14-28(15-13-26)34(4,30)31;1-13(2,3)20(8,9)17-12-10-11-16-18-14(4,5)15(6,7)19-16;1-25(22,23)20-7-5-18(6-8-20)14-15(21)19(11-13(16)17-14)12-24-9-10-26(2,3)4;/h10-11,19H,12-18,20H2,1-9H3;10-11H,12H2,1-9H3;11H,5-10,12H2,1-4H3;1H4/b2*11-10+;;. The van der Waals surface area contributed by atoms with Crippen LogP contribution in [-0.4, -0.2) is 187 Å². The Kier molecular flexibility index (Phi) is 28.6. The summed E-state index contributed by atoms with van der Waals surface area (Å²) in [5, 5.41) is 0.367. The molecule has 478 valence electrons. The summed E-state index contributed by atoms with van der Waals surface area (Å²) >= 11 is 3.35. The molecule has 0 aliphatic carbocycles. The third-order valence-electron chi connectivity index (χ3n) is 15.9. The van der Waals surface area contributed by atoms with Gasteiger partial charge in [-0.2, -0.15) is 8.61 Å². The number of halogens is 1. The fourth-order valence-corrected chi connectivity index (χ4v) is 13.0. The van der Waals surface area contributed by atoms with E-state index in [2.05, 4.69) is 161 Å². The topological polar surface area (TPSA) is 206 Å². The average Bonchev–Trinajstić information content (AvgIpc) is 3.54. The van der Waals surface area contributed by atoms with Crippen LogP contribution in [0, 0.1) is 0 Å². The molecule has 0 unspecified atom stereocenters. The molecule has 3 aliphatic rings. The van der Waals surface area contributed by atoms with Crippen LogP contribution in [0.1, 0.15) is 82.4 Å². The highest BCUT2D eigenvalue weighted by Gasteiger charge is 2.50. The Hall–Kier alpha value is -2.17. The van der Waals surface area contributed by atoms with Crippen LogP contribution in [0.25, 0.3) is 6.08 Å². The lowest BCUT2D eigenvalue weighted by Gasteiger charge is -2.35. The molecule has 0 spiro atoms. The van der Waals surface area contributed by atoms with Gasteiger partial charge in [0.05, 0.1) is 42.6 Å². The highest BCUT2D eigenvalue weighted by Crippen LogP contribution is 2.39. The summed E-state index contributed by atoms with van der Waals surface area (Å²) in [6.45, 7) is 50.0. The third-order valence-corrected chi connectivity index (χ3v) is 31.3. The number of hydrogen-bond acceptors (Lipinski definition) is 16. The molecule has 5 heterocycles. The van der Waals surface area contributed by atoms with Crippen molar-refractivity contribution in [2.75, 3.05) is 101 Å². The zero-order chi connectivity index (χ0) is 62.7. The molecule has 0 atom stereocenters. The molecule has 3 fully saturated rings. The lowest BCUT2D eigenvalue weighted by Crippen LogP contribution is -2.50. The van der Waals surface area contributed by atoms with Crippen LogP contribution in [-0.2, 0) is 61.1 Å². The fourth-order valence-electron chi connectivity index (χ4n) is 7.52. The number of rotatable bonds is 22. The normalized spacial score (nSPS) is 18.0. The van der Waals surface area contributed by atoms with Crippen molar-refractivity contribution in [2.24, 2.45) is 0 Å². The van der Waals surface area contributed by atoms with Gasteiger partial charge in [-0.3, -0.25) is 18.7 Å². The number of ether oxygens (including phenoxy) is 2. The summed E-state index contributed by atoms with van der Waals surface area (Å²) in [4.78, 5) is 38.6. The highest BCUT2D eigenvalue weighted by atomic mass is 79.9. The average molecular weight is 1340 g/mol. The molecule has 3 saturated heterocycles. The van der Waals surface area contributed by atoms with Crippen molar-refractivity contribution in [1.82, 2.24) is 27.7 Å². The van der Waals surface area contributed by atoms with Crippen molar-refractivity contribution in [3.8, 4) is 0 Å². The van der Waals surface area contributed by atoms with Crippen molar-refractivity contribution >= 4 is 93.6 Å². The minimum atomic E-state index is -3.26. The second-order valence-electron chi connectivity index (χ2n) is 28.0. The molecule has 83 heavy (non-hydrogen) atoms. The van der Waals surface area contributed by atoms with Gasteiger partial charge in [0.25, 0.3) is 11.1 Å². The molecule has 2 aromatic heterocycles. The first kappa shape index (κ1) is 76.9. The second-order valence-corrected chi connectivity index (χ2v) is 53.7. The van der Waals surface area contributed by atoms with Crippen LogP contribution in [0.15, 0.2) is 44.7 Å². The van der Waals surface area contributed by atoms with E-state index in [1.165, 1.54) is 25.7 Å². The SMILES string of the molecule is C.CC(C)(C)[Si](C)(C)OC/C=C/c1cn(COCC[Si](C)(C)C)c(=O)c(N2CCN(S(C)(=O)=O)CC2)n1.CC1(C)OB(/C=C/CO[Si](C)(C)C(C)(C)C)OC1(C)C.C[Si](C)(C)CCOCn1cc(Br)nc(N2CCN(S(C)(=O)=O)CC2)c1=O. The number of aromatic nitrogens is 4. The maximum Gasteiger partial charge on any atom is 0.486 e. The predicted octanol–water partition coefficient (Wildman–Crippen LogP) is 9.90. The summed E-state index contributed by atoms with van der Waals surface area (Å²) in [5.74, 6) is 2.61. The Morgan fingerprint density at radius 2 is 0.976 bits per heavy atom. The van der Waals surface area contributed by atoms with Crippen LogP contribution in [0.5, 0.6) is 0 Å². The molecule has 0 saturated carbocycles. The minimum Gasteiger partial charge on any atom is -0.413 e. The van der Waals surface area contributed by atoms with E-state index in [0.29, 0.717) is 101 Å². The smallest absolute Gasteiger partial charge is 0.413 e. The maximum atomic E-state index is 13.3. The van der Waals surface area contributed by atoms with Crippen molar-refractivity contribution in [2.45, 2.75) is 189 Å². The number of hydrogen-bond donors (Lipinski definition) is 0. The second kappa shape index (κ2) is 30.8. The van der Waals surface area contributed by atoms with Crippen molar-refractivity contribution in [1.29, 1.82) is 0 Å². The molecule has 0 bridgehead atoms. The molecule has 20 nitrogen and oxygen atoms in total. The van der Waals surface area contributed by atoms with E-state index in [0.717, 1.165) is 12.1 Å². The lowest BCUT2D eigenvalue weighted by atomic mass is 9.90. The van der Waals surface area contributed by atoms with Crippen LogP contribution in [0.3, 0.4) is 0 Å². The van der Waals surface area contributed by atoms with Gasteiger partial charge in [-0.05, 0) is 98.1 Å². The van der Waals surface area contributed by atoms with Gasteiger partial charge in [-0.25, -0.2) is 26.8 Å². The molecule has 0 radical (unpaired) electrons.